The summed E-state index contributed by atoms with van der Waals surface area (Å²) in [6.45, 7) is 5.13. The smallest absolute Gasteiger partial charge is 0.122 e. The summed E-state index contributed by atoms with van der Waals surface area (Å²) in [5.74, 6) is 0.970. The van der Waals surface area contributed by atoms with Crippen LogP contribution in [0.2, 0.25) is 0 Å². The Morgan fingerprint density at radius 1 is 1.23 bits per heavy atom. The van der Waals surface area contributed by atoms with E-state index in [1.165, 1.54) is 16.7 Å². The highest BCUT2D eigenvalue weighted by molar-refractivity contribution is 5.43. The van der Waals surface area contributed by atoms with Crippen molar-refractivity contribution in [1.82, 2.24) is 5.32 Å². The van der Waals surface area contributed by atoms with E-state index in [0.717, 1.165) is 12.3 Å². The molecule has 0 atom stereocenters. The van der Waals surface area contributed by atoms with Gasteiger partial charge in [0.2, 0.25) is 0 Å². The standard InChI is InChI=1S/C11H17NO/c1-8-9(2)11(13-4)6-5-10(8)7-12-3/h5-6,12H,7H2,1-4H3. The van der Waals surface area contributed by atoms with Crippen molar-refractivity contribution in [3.63, 3.8) is 0 Å². The molecular weight excluding hydrogens is 162 g/mol. The van der Waals surface area contributed by atoms with E-state index in [1.54, 1.807) is 7.11 Å². The number of methoxy groups -OCH3 is 1. The predicted octanol–water partition coefficient (Wildman–Crippen LogP) is 2.03. The first-order valence-corrected chi connectivity index (χ1v) is 4.48. The number of hydrogen-bond donors (Lipinski definition) is 1. The third kappa shape index (κ3) is 2.01. The second-order valence-corrected chi connectivity index (χ2v) is 3.21. The highest BCUT2D eigenvalue weighted by Crippen LogP contribution is 2.23. The Kier molecular flexibility index (Phi) is 3.32. The lowest BCUT2D eigenvalue weighted by Crippen LogP contribution is -2.07. The molecule has 0 saturated carbocycles. The monoisotopic (exact) mass is 179 g/mol. The molecule has 1 N–H and O–H groups in total. The van der Waals surface area contributed by atoms with Gasteiger partial charge in [-0.1, -0.05) is 6.07 Å². The molecule has 2 heteroatoms. The molecule has 0 aliphatic heterocycles. The number of hydrogen-bond acceptors (Lipinski definition) is 2. The van der Waals surface area contributed by atoms with Gasteiger partial charge in [0, 0.05) is 6.54 Å². The molecule has 0 aliphatic rings. The first-order chi connectivity index (χ1) is 6.20. The minimum absolute atomic E-state index is 0.913. The topological polar surface area (TPSA) is 21.3 Å². The van der Waals surface area contributed by atoms with Crippen LogP contribution in [0.3, 0.4) is 0 Å². The lowest BCUT2D eigenvalue weighted by atomic mass is 10.0. The Bertz CT molecular complexity index is 294. The predicted molar refractivity (Wildman–Crippen MR) is 55.2 cm³/mol. The van der Waals surface area contributed by atoms with Crippen LogP contribution in [0.1, 0.15) is 16.7 Å². The third-order valence-corrected chi connectivity index (χ3v) is 2.44. The summed E-state index contributed by atoms with van der Waals surface area (Å²) in [5, 5.41) is 3.15. The first-order valence-electron chi connectivity index (χ1n) is 4.48. The molecule has 2 nitrogen and oxygen atoms in total. The molecule has 0 heterocycles. The molecular formula is C11H17NO. The van der Waals surface area contributed by atoms with E-state index in [-0.39, 0.29) is 0 Å². The van der Waals surface area contributed by atoms with E-state index in [1.807, 2.05) is 13.1 Å². The van der Waals surface area contributed by atoms with Crippen molar-refractivity contribution in [2.24, 2.45) is 0 Å². The summed E-state index contributed by atoms with van der Waals surface area (Å²) in [6, 6.07) is 4.13. The van der Waals surface area contributed by atoms with Gasteiger partial charge in [0.1, 0.15) is 5.75 Å². The maximum Gasteiger partial charge on any atom is 0.122 e. The maximum atomic E-state index is 5.24. The van der Waals surface area contributed by atoms with Crippen molar-refractivity contribution in [1.29, 1.82) is 0 Å². The van der Waals surface area contributed by atoms with Gasteiger partial charge in [0.15, 0.2) is 0 Å². The van der Waals surface area contributed by atoms with Crippen molar-refractivity contribution in [2.75, 3.05) is 14.2 Å². The van der Waals surface area contributed by atoms with Crippen molar-refractivity contribution in [3.8, 4) is 5.75 Å². The van der Waals surface area contributed by atoms with E-state index in [4.69, 9.17) is 4.74 Å². The van der Waals surface area contributed by atoms with Crippen LogP contribution < -0.4 is 10.1 Å². The summed E-state index contributed by atoms with van der Waals surface area (Å²) in [6.07, 6.45) is 0. The molecule has 1 rings (SSSR count). The molecule has 13 heavy (non-hydrogen) atoms. The normalized spacial score (nSPS) is 10.2. The van der Waals surface area contributed by atoms with Gasteiger partial charge in [-0.3, -0.25) is 0 Å². The zero-order valence-corrected chi connectivity index (χ0v) is 8.77. The second-order valence-electron chi connectivity index (χ2n) is 3.21. The molecule has 1 aromatic carbocycles. The second kappa shape index (κ2) is 4.28. The van der Waals surface area contributed by atoms with Gasteiger partial charge in [-0.2, -0.15) is 0 Å². The number of nitrogens with one attached hydrogen (secondary N) is 1. The average molecular weight is 179 g/mol. The Morgan fingerprint density at radius 2 is 1.92 bits per heavy atom. The van der Waals surface area contributed by atoms with Crippen molar-refractivity contribution >= 4 is 0 Å². The van der Waals surface area contributed by atoms with Gasteiger partial charge >= 0.3 is 0 Å². The molecule has 0 amide bonds. The van der Waals surface area contributed by atoms with Crippen LogP contribution in [-0.2, 0) is 6.54 Å². The van der Waals surface area contributed by atoms with Gasteiger partial charge in [-0.25, -0.2) is 0 Å². The van der Waals surface area contributed by atoms with E-state index in [9.17, 15) is 0 Å². The highest BCUT2D eigenvalue weighted by Gasteiger charge is 2.04. The molecule has 0 unspecified atom stereocenters. The van der Waals surface area contributed by atoms with Crippen LogP contribution in [0.4, 0.5) is 0 Å². The van der Waals surface area contributed by atoms with Crippen LogP contribution in [0.5, 0.6) is 5.75 Å². The fourth-order valence-electron chi connectivity index (χ4n) is 1.46. The summed E-state index contributed by atoms with van der Waals surface area (Å²) < 4.78 is 5.24. The summed E-state index contributed by atoms with van der Waals surface area (Å²) in [5.41, 5.74) is 3.88. The van der Waals surface area contributed by atoms with Crippen molar-refractivity contribution in [3.05, 3.63) is 28.8 Å². The van der Waals surface area contributed by atoms with Crippen LogP contribution in [0.25, 0.3) is 0 Å². The van der Waals surface area contributed by atoms with Crippen LogP contribution in [0, 0.1) is 13.8 Å². The van der Waals surface area contributed by atoms with E-state index in [0.29, 0.717) is 0 Å². The van der Waals surface area contributed by atoms with Gasteiger partial charge in [0.25, 0.3) is 0 Å². The molecule has 0 spiro atoms. The molecule has 1 aromatic rings. The quantitative estimate of drug-likeness (QED) is 0.766. The van der Waals surface area contributed by atoms with Crippen LogP contribution in [-0.4, -0.2) is 14.2 Å². The summed E-state index contributed by atoms with van der Waals surface area (Å²) in [4.78, 5) is 0. The molecule has 0 fully saturated rings. The summed E-state index contributed by atoms with van der Waals surface area (Å²) >= 11 is 0. The van der Waals surface area contributed by atoms with Gasteiger partial charge in [-0.05, 0) is 43.7 Å². The summed E-state index contributed by atoms with van der Waals surface area (Å²) in [7, 11) is 3.67. The zero-order chi connectivity index (χ0) is 9.84. The third-order valence-electron chi connectivity index (χ3n) is 2.44. The number of rotatable bonds is 3. The zero-order valence-electron chi connectivity index (χ0n) is 8.77. The lowest BCUT2D eigenvalue weighted by Gasteiger charge is -2.11. The van der Waals surface area contributed by atoms with Gasteiger partial charge in [-0.15, -0.1) is 0 Å². The van der Waals surface area contributed by atoms with Gasteiger partial charge in [0.05, 0.1) is 7.11 Å². The molecule has 0 aliphatic carbocycles. The minimum Gasteiger partial charge on any atom is -0.496 e. The van der Waals surface area contributed by atoms with Gasteiger partial charge < -0.3 is 10.1 Å². The Morgan fingerprint density at radius 3 is 2.46 bits per heavy atom. The molecule has 0 radical (unpaired) electrons. The SMILES string of the molecule is CNCc1ccc(OC)c(C)c1C. The Labute approximate surface area is 79.9 Å². The molecule has 0 aromatic heterocycles. The maximum absolute atomic E-state index is 5.24. The van der Waals surface area contributed by atoms with E-state index < -0.39 is 0 Å². The largest absolute Gasteiger partial charge is 0.496 e. The first kappa shape index (κ1) is 10.1. The fourth-order valence-corrected chi connectivity index (χ4v) is 1.46. The molecule has 0 saturated heterocycles. The molecule has 72 valence electrons. The van der Waals surface area contributed by atoms with Crippen molar-refractivity contribution in [2.45, 2.75) is 20.4 Å². The van der Waals surface area contributed by atoms with E-state index >= 15 is 0 Å². The van der Waals surface area contributed by atoms with E-state index in [2.05, 4.69) is 25.2 Å². The highest BCUT2D eigenvalue weighted by atomic mass is 16.5. The molecule has 0 bridgehead atoms. The number of benzene rings is 1. The lowest BCUT2D eigenvalue weighted by molar-refractivity contribution is 0.411. The van der Waals surface area contributed by atoms with Crippen LogP contribution >= 0.6 is 0 Å². The van der Waals surface area contributed by atoms with Crippen LogP contribution in [0.15, 0.2) is 12.1 Å². The average Bonchev–Trinajstić information content (AvgIpc) is 2.14. The Balaban J connectivity index is 3.07. The Hall–Kier alpha value is -1.02. The van der Waals surface area contributed by atoms with Crippen molar-refractivity contribution < 1.29 is 4.74 Å². The fraction of sp³-hybridized carbons (Fsp3) is 0.455. The minimum atomic E-state index is 0.913. The number of ether oxygens (including phenoxy) is 1.